The van der Waals surface area contributed by atoms with Crippen LogP contribution in [-0.2, 0) is 0 Å². The maximum absolute atomic E-state index is 5.82. The summed E-state index contributed by atoms with van der Waals surface area (Å²) < 4.78 is 0. The van der Waals surface area contributed by atoms with Crippen molar-refractivity contribution in [3.63, 3.8) is 0 Å². The van der Waals surface area contributed by atoms with E-state index in [4.69, 9.17) is 11.5 Å². The summed E-state index contributed by atoms with van der Waals surface area (Å²) in [7, 11) is 1.86. The highest BCUT2D eigenvalue weighted by atomic mass is 14.8. The van der Waals surface area contributed by atoms with E-state index in [1.807, 2.05) is 49.5 Å². The van der Waals surface area contributed by atoms with Gasteiger partial charge in [0.25, 0.3) is 0 Å². The van der Waals surface area contributed by atoms with Crippen molar-refractivity contribution in [1.29, 1.82) is 0 Å². The third-order valence-corrected chi connectivity index (χ3v) is 2.57. The smallest absolute Gasteiger partial charge is 0.0577 e. The van der Waals surface area contributed by atoms with Gasteiger partial charge in [-0.25, -0.2) is 0 Å². The van der Waals surface area contributed by atoms with Crippen LogP contribution in [0.5, 0.6) is 0 Å². The Bertz CT molecular complexity index is 489. The number of nitrogen functional groups attached to an aromatic ring is 2. The monoisotopic (exact) mass is 213 g/mol. The van der Waals surface area contributed by atoms with Crippen molar-refractivity contribution in [3.05, 3.63) is 42.5 Å². The van der Waals surface area contributed by atoms with Crippen LogP contribution in [0.4, 0.5) is 17.1 Å². The van der Waals surface area contributed by atoms with Gasteiger partial charge in [-0.2, -0.15) is 0 Å². The molecule has 0 heterocycles. The molecule has 0 aliphatic rings. The Morgan fingerprint density at radius 1 is 0.875 bits per heavy atom. The molecule has 0 atom stereocenters. The van der Waals surface area contributed by atoms with Gasteiger partial charge in [0.1, 0.15) is 0 Å². The van der Waals surface area contributed by atoms with E-state index in [-0.39, 0.29) is 0 Å². The predicted molar refractivity (Wildman–Crippen MR) is 70.2 cm³/mol. The van der Waals surface area contributed by atoms with E-state index < -0.39 is 0 Å². The molecule has 0 aromatic heterocycles. The van der Waals surface area contributed by atoms with E-state index in [0.29, 0.717) is 0 Å². The fourth-order valence-electron chi connectivity index (χ4n) is 1.63. The van der Waals surface area contributed by atoms with E-state index in [9.17, 15) is 0 Å². The average Bonchev–Trinajstić information content (AvgIpc) is 2.31. The van der Waals surface area contributed by atoms with Crippen LogP contribution in [0.2, 0.25) is 0 Å². The van der Waals surface area contributed by atoms with Crippen LogP contribution in [0.25, 0.3) is 11.1 Å². The lowest BCUT2D eigenvalue weighted by atomic mass is 10.0. The van der Waals surface area contributed by atoms with Gasteiger partial charge in [-0.1, -0.05) is 18.2 Å². The molecule has 3 nitrogen and oxygen atoms in total. The van der Waals surface area contributed by atoms with Crippen LogP contribution in [0.1, 0.15) is 0 Å². The fourth-order valence-corrected chi connectivity index (χ4v) is 1.63. The maximum Gasteiger partial charge on any atom is 0.0577 e. The molecular formula is C13H15N3. The van der Waals surface area contributed by atoms with Crippen molar-refractivity contribution in [3.8, 4) is 11.1 Å². The molecule has 0 bridgehead atoms. The van der Waals surface area contributed by atoms with Gasteiger partial charge in [0.05, 0.1) is 11.4 Å². The van der Waals surface area contributed by atoms with Crippen LogP contribution in [0.15, 0.2) is 42.5 Å². The Morgan fingerprint density at radius 2 is 1.50 bits per heavy atom. The van der Waals surface area contributed by atoms with Crippen LogP contribution in [0, 0.1) is 0 Å². The van der Waals surface area contributed by atoms with Crippen molar-refractivity contribution in [2.45, 2.75) is 0 Å². The molecule has 0 aliphatic carbocycles. The highest BCUT2D eigenvalue weighted by molar-refractivity contribution is 5.76. The molecule has 0 unspecified atom stereocenters. The number of anilines is 3. The molecule has 0 saturated heterocycles. The first kappa shape index (κ1) is 10.4. The summed E-state index contributed by atoms with van der Waals surface area (Å²) in [6, 6.07) is 13.7. The van der Waals surface area contributed by atoms with E-state index in [1.54, 1.807) is 0 Å². The maximum atomic E-state index is 5.82. The average molecular weight is 213 g/mol. The lowest BCUT2D eigenvalue weighted by Gasteiger charge is -2.08. The number of rotatable bonds is 2. The van der Waals surface area contributed by atoms with Crippen LogP contribution < -0.4 is 16.8 Å². The summed E-state index contributed by atoms with van der Waals surface area (Å²) in [5.41, 5.74) is 16.2. The lowest BCUT2D eigenvalue weighted by Crippen LogP contribution is -1.95. The zero-order chi connectivity index (χ0) is 11.5. The molecule has 16 heavy (non-hydrogen) atoms. The second-order valence-electron chi connectivity index (χ2n) is 3.67. The summed E-state index contributed by atoms with van der Waals surface area (Å²) in [5.74, 6) is 0. The Labute approximate surface area is 95.1 Å². The summed E-state index contributed by atoms with van der Waals surface area (Å²) in [6.07, 6.45) is 0. The summed E-state index contributed by atoms with van der Waals surface area (Å²) in [5, 5.41) is 3.07. The van der Waals surface area contributed by atoms with Gasteiger partial charge in [-0.15, -0.1) is 0 Å². The molecule has 0 radical (unpaired) electrons. The molecule has 2 rings (SSSR count). The molecule has 5 N–H and O–H groups in total. The van der Waals surface area contributed by atoms with Crippen molar-refractivity contribution >= 4 is 17.1 Å². The van der Waals surface area contributed by atoms with Crippen LogP contribution in [-0.4, -0.2) is 7.05 Å². The van der Waals surface area contributed by atoms with Gasteiger partial charge >= 0.3 is 0 Å². The third-order valence-electron chi connectivity index (χ3n) is 2.57. The number of hydrogen-bond donors (Lipinski definition) is 3. The number of benzene rings is 2. The molecule has 0 amide bonds. The van der Waals surface area contributed by atoms with E-state index in [2.05, 4.69) is 5.32 Å². The quantitative estimate of drug-likeness (QED) is 0.672. The minimum Gasteiger partial charge on any atom is -0.399 e. The first-order valence-electron chi connectivity index (χ1n) is 5.14. The number of nitrogens with two attached hydrogens (primary N) is 2. The molecule has 2 aromatic rings. The van der Waals surface area contributed by atoms with Gasteiger partial charge in [-0.3, -0.25) is 0 Å². The molecule has 82 valence electrons. The van der Waals surface area contributed by atoms with Gasteiger partial charge in [0.15, 0.2) is 0 Å². The zero-order valence-corrected chi connectivity index (χ0v) is 9.20. The summed E-state index contributed by atoms with van der Waals surface area (Å²) >= 11 is 0. The largest absolute Gasteiger partial charge is 0.399 e. The molecule has 3 heteroatoms. The predicted octanol–water partition coefficient (Wildman–Crippen LogP) is 2.56. The highest BCUT2D eigenvalue weighted by Crippen LogP contribution is 2.27. The molecule has 2 aromatic carbocycles. The van der Waals surface area contributed by atoms with Gasteiger partial charge in [-0.05, 0) is 35.4 Å². The lowest BCUT2D eigenvalue weighted by molar-refractivity contribution is 1.50. The van der Waals surface area contributed by atoms with E-state index in [1.165, 1.54) is 0 Å². The second-order valence-corrected chi connectivity index (χ2v) is 3.67. The molecular weight excluding hydrogens is 198 g/mol. The normalized spacial score (nSPS) is 10.1. The summed E-state index contributed by atoms with van der Waals surface area (Å²) in [6.45, 7) is 0. The molecule has 0 spiro atoms. The minimum atomic E-state index is 0.752. The first-order chi connectivity index (χ1) is 7.70. The minimum absolute atomic E-state index is 0.752. The zero-order valence-electron chi connectivity index (χ0n) is 9.20. The number of hydrogen-bond acceptors (Lipinski definition) is 3. The van der Waals surface area contributed by atoms with Crippen molar-refractivity contribution in [2.75, 3.05) is 23.8 Å². The van der Waals surface area contributed by atoms with Gasteiger partial charge in [0.2, 0.25) is 0 Å². The molecule has 0 saturated carbocycles. The van der Waals surface area contributed by atoms with Crippen molar-refractivity contribution in [1.82, 2.24) is 0 Å². The highest BCUT2D eigenvalue weighted by Gasteiger charge is 2.01. The van der Waals surface area contributed by atoms with Gasteiger partial charge in [0, 0.05) is 12.7 Å². The number of nitrogens with one attached hydrogen (secondary N) is 1. The Morgan fingerprint density at radius 3 is 2.12 bits per heavy atom. The SMILES string of the molecule is CNc1cc(-c2ccc(N)cc2)ccc1N. The molecule has 0 aliphatic heterocycles. The topological polar surface area (TPSA) is 64.1 Å². The first-order valence-corrected chi connectivity index (χ1v) is 5.14. The Kier molecular flexibility index (Phi) is 2.68. The second kappa shape index (κ2) is 4.14. The van der Waals surface area contributed by atoms with Gasteiger partial charge < -0.3 is 16.8 Å². The van der Waals surface area contributed by atoms with E-state index >= 15 is 0 Å². The van der Waals surface area contributed by atoms with Crippen molar-refractivity contribution in [2.24, 2.45) is 0 Å². The molecule has 0 fully saturated rings. The fraction of sp³-hybridized carbons (Fsp3) is 0.0769. The van der Waals surface area contributed by atoms with Crippen LogP contribution >= 0.6 is 0 Å². The Hall–Kier alpha value is -2.16. The standard InChI is InChI=1S/C13H15N3/c1-16-13-8-10(4-7-12(13)15)9-2-5-11(14)6-3-9/h2-8,16H,14-15H2,1H3. The van der Waals surface area contributed by atoms with E-state index in [0.717, 1.165) is 28.2 Å². The third kappa shape index (κ3) is 1.93. The summed E-state index contributed by atoms with van der Waals surface area (Å²) in [4.78, 5) is 0. The Balaban J connectivity index is 2.44. The van der Waals surface area contributed by atoms with Crippen LogP contribution in [0.3, 0.4) is 0 Å². The van der Waals surface area contributed by atoms with Crippen molar-refractivity contribution < 1.29 is 0 Å².